The Hall–Kier alpha value is -2.09. The first kappa shape index (κ1) is 17.7. The van der Waals surface area contributed by atoms with E-state index in [0.717, 1.165) is 5.69 Å². The van der Waals surface area contributed by atoms with Crippen molar-refractivity contribution in [3.05, 3.63) is 53.6 Å². The van der Waals surface area contributed by atoms with Crippen molar-refractivity contribution >= 4 is 38.9 Å². The van der Waals surface area contributed by atoms with Crippen LogP contribution in [0.25, 0.3) is 0 Å². The molecule has 0 bridgehead atoms. The molecule has 2 aromatic carbocycles. The fraction of sp³-hybridized carbons (Fsp3) is 0.235. The Bertz CT molecular complexity index is 929. The summed E-state index contributed by atoms with van der Waals surface area (Å²) in [6.07, 6.45) is 0. The lowest BCUT2D eigenvalue weighted by Crippen LogP contribution is -2.43. The van der Waals surface area contributed by atoms with Gasteiger partial charge in [0.25, 0.3) is 5.91 Å². The molecule has 8 heteroatoms. The number of carbonyl (C=O) groups is 1. The quantitative estimate of drug-likeness (QED) is 0.888. The second-order valence-electron chi connectivity index (χ2n) is 6.36. The molecule has 3 rings (SSSR count). The summed E-state index contributed by atoms with van der Waals surface area (Å²) in [5.41, 5.74) is 0.606. The zero-order valence-electron chi connectivity index (χ0n) is 13.8. The van der Waals surface area contributed by atoms with Crippen LogP contribution in [-0.4, -0.2) is 26.5 Å². The third-order valence-electron chi connectivity index (χ3n) is 4.33. The number of rotatable bonds is 3. The van der Waals surface area contributed by atoms with Gasteiger partial charge in [-0.15, -0.1) is 0 Å². The van der Waals surface area contributed by atoms with E-state index in [1.54, 1.807) is 4.90 Å². The molecular formula is C17H18ClN3O3S. The standard InChI is InChI=1S/C17H18ClN3O3S/c1-17(2)16(22)20(11-21(17)12-6-4-3-5-7-12)15-9-8-13(10-14(15)18)25(19,23)24/h3-10H,11H2,1-2H3,(H2,19,23,24). The number of hydrogen-bond acceptors (Lipinski definition) is 4. The number of nitrogens with two attached hydrogens (primary N) is 1. The first-order valence-corrected chi connectivity index (χ1v) is 9.52. The van der Waals surface area contributed by atoms with E-state index in [1.165, 1.54) is 18.2 Å². The Labute approximate surface area is 151 Å². The number of nitrogens with zero attached hydrogens (tertiary/aromatic N) is 2. The largest absolute Gasteiger partial charge is 0.339 e. The van der Waals surface area contributed by atoms with E-state index in [1.807, 2.05) is 49.1 Å². The van der Waals surface area contributed by atoms with E-state index in [4.69, 9.17) is 16.7 Å². The van der Waals surface area contributed by atoms with Crippen LogP contribution in [0.3, 0.4) is 0 Å². The van der Waals surface area contributed by atoms with Gasteiger partial charge in [0.2, 0.25) is 10.0 Å². The molecule has 1 aliphatic heterocycles. The van der Waals surface area contributed by atoms with Gasteiger partial charge in [0.1, 0.15) is 5.54 Å². The normalized spacial score (nSPS) is 17.2. The second-order valence-corrected chi connectivity index (χ2v) is 8.32. The number of primary sulfonamides is 1. The van der Waals surface area contributed by atoms with E-state index < -0.39 is 15.6 Å². The summed E-state index contributed by atoms with van der Waals surface area (Å²) < 4.78 is 22.9. The second kappa shape index (κ2) is 6.01. The molecule has 25 heavy (non-hydrogen) atoms. The van der Waals surface area contributed by atoms with Crippen molar-refractivity contribution in [2.75, 3.05) is 16.5 Å². The molecule has 0 spiro atoms. The molecule has 0 unspecified atom stereocenters. The van der Waals surface area contributed by atoms with Crippen LogP contribution in [0.15, 0.2) is 53.4 Å². The Morgan fingerprint density at radius 3 is 2.32 bits per heavy atom. The molecule has 1 aliphatic rings. The van der Waals surface area contributed by atoms with E-state index >= 15 is 0 Å². The summed E-state index contributed by atoms with van der Waals surface area (Å²) >= 11 is 6.24. The molecule has 1 fully saturated rings. The number of anilines is 2. The van der Waals surface area contributed by atoms with Crippen LogP contribution in [-0.2, 0) is 14.8 Å². The highest BCUT2D eigenvalue weighted by Gasteiger charge is 2.46. The predicted octanol–water partition coefficient (Wildman–Crippen LogP) is 2.58. The molecular weight excluding hydrogens is 362 g/mol. The highest BCUT2D eigenvalue weighted by atomic mass is 35.5. The molecule has 2 N–H and O–H groups in total. The van der Waals surface area contributed by atoms with E-state index in [9.17, 15) is 13.2 Å². The van der Waals surface area contributed by atoms with Crippen LogP contribution in [0.4, 0.5) is 11.4 Å². The van der Waals surface area contributed by atoms with Crippen molar-refractivity contribution in [1.82, 2.24) is 0 Å². The minimum Gasteiger partial charge on any atom is -0.339 e. The molecule has 0 saturated carbocycles. The highest BCUT2D eigenvalue weighted by molar-refractivity contribution is 7.89. The number of sulfonamides is 1. The Kier molecular flexibility index (Phi) is 4.26. The molecule has 6 nitrogen and oxygen atoms in total. The molecule has 0 aliphatic carbocycles. The smallest absolute Gasteiger partial charge is 0.253 e. The van der Waals surface area contributed by atoms with Crippen molar-refractivity contribution in [2.24, 2.45) is 5.14 Å². The molecule has 0 atom stereocenters. The number of carbonyl (C=O) groups excluding carboxylic acids is 1. The van der Waals surface area contributed by atoms with Crippen molar-refractivity contribution in [1.29, 1.82) is 0 Å². The number of para-hydroxylation sites is 1. The average Bonchev–Trinajstić information content (AvgIpc) is 2.78. The highest BCUT2D eigenvalue weighted by Crippen LogP contribution is 2.37. The minimum atomic E-state index is -3.85. The van der Waals surface area contributed by atoms with Crippen LogP contribution < -0.4 is 14.9 Å². The van der Waals surface area contributed by atoms with Gasteiger partial charge in [-0.3, -0.25) is 9.69 Å². The van der Waals surface area contributed by atoms with Crippen molar-refractivity contribution in [3.63, 3.8) is 0 Å². The van der Waals surface area contributed by atoms with Gasteiger partial charge < -0.3 is 4.90 Å². The van der Waals surface area contributed by atoms with Crippen molar-refractivity contribution in [2.45, 2.75) is 24.3 Å². The minimum absolute atomic E-state index is 0.0907. The third-order valence-corrected chi connectivity index (χ3v) is 5.55. The van der Waals surface area contributed by atoms with Gasteiger partial charge >= 0.3 is 0 Å². The molecule has 2 aromatic rings. The van der Waals surface area contributed by atoms with Gasteiger partial charge in [0.05, 0.1) is 22.3 Å². The fourth-order valence-electron chi connectivity index (χ4n) is 2.91. The SMILES string of the molecule is CC1(C)C(=O)N(c2ccc(S(N)(=O)=O)cc2Cl)CN1c1ccccc1. The number of amides is 1. The topological polar surface area (TPSA) is 83.7 Å². The lowest BCUT2D eigenvalue weighted by Gasteiger charge is -2.29. The zero-order chi connectivity index (χ0) is 18.4. The lowest BCUT2D eigenvalue weighted by molar-refractivity contribution is -0.120. The van der Waals surface area contributed by atoms with E-state index in [2.05, 4.69) is 0 Å². The molecule has 132 valence electrons. The molecule has 1 amide bonds. The van der Waals surface area contributed by atoms with Gasteiger partial charge in [-0.2, -0.15) is 0 Å². The van der Waals surface area contributed by atoms with Crippen molar-refractivity contribution in [3.8, 4) is 0 Å². The summed E-state index contributed by atoms with van der Waals surface area (Å²) in [5.74, 6) is -0.124. The van der Waals surface area contributed by atoms with Gasteiger partial charge in [0.15, 0.2) is 0 Å². The number of benzene rings is 2. The maximum Gasteiger partial charge on any atom is 0.253 e. The first-order valence-electron chi connectivity index (χ1n) is 7.59. The van der Waals surface area contributed by atoms with Gasteiger partial charge in [-0.25, -0.2) is 13.6 Å². The predicted molar refractivity (Wildman–Crippen MR) is 98.2 cm³/mol. The Morgan fingerprint density at radius 1 is 1.12 bits per heavy atom. The third kappa shape index (κ3) is 3.10. The Morgan fingerprint density at radius 2 is 1.76 bits per heavy atom. The maximum atomic E-state index is 12.9. The van der Waals surface area contributed by atoms with Gasteiger partial charge in [-0.05, 0) is 44.2 Å². The average molecular weight is 380 g/mol. The summed E-state index contributed by atoms with van der Waals surface area (Å²) in [7, 11) is -3.85. The fourth-order valence-corrected chi connectivity index (χ4v) is 3.80. The van der Waals surface area contributed by atoms with Crippen LogP contribution >= 0.6 is 11.6 Å². The molecule has 1 heterocycles. The summed E-state index contributed by atoms with van der Waals surface area (Å²) in [6, 6.07) is 13.7. The monoisotopic (exact) mass is 379 g/mol. The van der Waals surface area contributed by atoms with Crippen LogP contribution in [0.2, 0.25) is 5.02 Å². The van der Waals surface area contributed by atoms with Crippen LogP contribution in [0.1, 0.15) is 13.8 Å². The van der Waals surface area contributed by atoms with E-state index in [0.29, 0.717) is 12.4 Å². The van der Waals surface area contributed by atoms with Crippen LogP contribution in [0, 0.1) is 0 Å². The summed E-state index contributed by atoms with van der Waals surface area (Å²) in [4.78, 5) is 16.4. The number of halogens is 1. The molecule has 1 saturated heterocycles. The zero-order valence-corrected chi connectivity index (χ0v) is 15.4. The molecule has 0 radical (unpaired) electrons. The summed E-state index contributed by atoms with van der Waals surface area (Å²) in [6.45, 7) is 3.99. The van der Waals surface area contributed by atoms with E-state index in [-0.39, 0.29) is 15.8 Å². The van der Waals surface area contributed by atoms with Gasteiger partial charge in [0, 0.05) is 5.69 Å². The molecule has 0 aromatic heterocycles. The maximum absolute atomic E-state index is 12.9. The lowest BCUT2D eigenvalue weighted by atomic mass is 10.0. The summed E-state index contributed by atoms with van der Waals surface area (Å²) in [5, 5.41) is 5.28. The Balaban J connectivity index is 2.01. The van der Waals surface area contributed by atoms with Gasteiger partial charge in [-0.1, -0.05) is 29.8 Å². The first-order chi connectivity index (χ1) is 11.6. The van der Waals surface area contributed by atoms with Crippen LogP contribution in [0.5, 0.6) is 0 Å². The number of hydrogen-bond donors (Lipinski definition) is 1. The van der Waals surface area contributed by atoms with Crippen molar-refractivity contribution < 1.29 is 13.2 Å².